The Kier molecular flexibility index (Phi) is 3.44. The van der Waals surface area contributed by atoms with Gasteiger partial charge in [-0.2, -0.15) is 0 Å². The van der Waals surface area contributed by atoms with E-state index < -0.39 is 0 Å². The van der Waals surface area contributed by atoms with Crippen molar-refractivity contribution < 1.29 is 0 Å². The molecule has 75 valence electrons. The second kappa shape index (κ2) is 5.04. The van der Waals surface area contributed by atoms with Crippen LogP contribution in [-0.2, 0) is 0 Å². The maximum absolute atomic E-state index is 4.63. The highest BCUT2D eigenvalue weighted by molar-refractivity contribution is 5.34. The Labute approximate surface area is 86.5 Å². The Hall–Kier alpha value is -0.980. The van der Waals surface area contributed by atoms with E-state index in [2.05, 4.69) is 29.6 Å². The number of hydrogen-bond acceptors (Lipinski definition) is 0. The van der Waals surface area contributed by atoms with Crippen LogP contribution in [-0.4, -0.2) is 6.54 Å². The van der Waals surface area contributed by atoms with Crippen LogP contribution < -0.4 is 5.32 Å². The smallest absolute Gasteiger partial charge is 0.0574 e. The molecule has 0 unspecified atom stereocenters. The molecule has 0 spiro atoms. The molecule has 0 atom stereocenters. The number of rotatable bonds is 3. The van der Waals surface area contributed by atoms with Crippen LogP contribution in [0.25, 0.3) is 0 Å². The van der Waals surface area contributed by atoms with Crippen molar-refractivity contribution in [1.82, 2.24) is 5.32 Å². The minimum absolute atomic E-state index is 0.851. The maximum Gasteiger partial charge on any atom is 0.0574 e. The first kappa shape index (κ1) is 9.57. The van der Waals surface area contributed by atoms with E-state index in [-0.39, 0.29) is 0 Å². The van der Waals surface area contributed by atoms with Crippen LogP contribution in [0.15, 0.2) is 30.3 Å². The van der Waals surface area contributed by atoms with Crippen molar-refractivity contribution in [3.63, 3.8) is 0 Å². The standard InChI is InChI=1S/C13H18N/c1-3-7-12(8-4-1)11-14-13-9-5-2-6-10-13/h2,5-6,9-10,12H,1,3-4,7-8,11H2. The average Bonchev–Trinajstić information content (AvgIpc) is 2.29. The summed E-state index contributed by atoms with van der Waals surface area (Å²) in [4.78, 5) is 0. The highest BCUT2D eigenvalue weighted by atomic mass is 14.9. The molecule has 14 heavy (non-hydrogen) atoms. The fraction of sp³-hybridized carbons (Fsp3) is 0.538. The van der Waals surface area contributed by atoms with E-state index in [4.69, 9.17) is 0 Å². The zero-order valence-corrected chi connectivity index (χ0v) is 8.65. The monoisotopic (exact) mass is 188 g/mol. The first-order valence-corrected chi connectivity index (χ1v) is 5.68. The summed E-state index contributed by atoms with van der Waals surface area (Å²) in [6.45, 7) is 1.03. The normalized spacial score (nSPS) is 18.0. The van der Waals surface area contributed by atoms with Crippen molar-refractivity contribution in [1.29, 1.82) is 0 Å². The zero-order chi connectivity index (χ0) is 9.64. The lowest BCUT2D eigenvalue weighted by Crippen LogP contribution is -2.16. The van der Waals surface area contributed by atoms with Gasteiger partial charge in [0.15, 0.2) is 0 Å². The predicted molar refractivity (Wildman–Crippen MR) is 59.7 cm³/mol. The molecule has 0 amide bonds. The van der Waals surface area contributed by atoms with E-state index in [9.17, 15) is 0 Å². The van der Waals surface area contributed by atoms with Gasteiger partial charge in [-0.05, 0) is 30.9 Å². The Balaban J connectivity index is 1.76. The second-order valence-electron chi connectivity index (χ2n) is 4.18. The lowest BCUT2D eigenvalue weighted by Gasteiger charge is -2.20. The molecule has 1 saturated carbocycles. The van der Waals surface area contributed by atoms with E-state index in [0.717, 1.165) is 18.2 Å². The van der Waals surface area contributed by atoms with Crippen molar-refractivity contribution in [2.24, 2.45) is 5.92 Å². The minimum atomic E-state index is 0.851. The summed E-state index contributed by atoms with van der Waals surface area (Å²) in [5, 5.41) is 4.63. The molecule has 0 aliphatic heterocycles. The topological polar surface area (TPSA) is 14.1 Å². The van der Waals surface area contributed by atoms with E-state index in [1.165, 1.54) is 32.1 Å². The number of hydrogen-bond donors (Lipinski definition) is 0. The largest absolute Gasteiger partial charge is 0.285 e. The molecule has 0 heterocycles. The predicted octanol–water partition coefficient (Wildman–Crippen LogP) is 3.50. The highest BCUT2D eigenvalue weighted by Gasteiger charge is 2.13. The van der Waals surface area contributed by atoms with Gasteiger partial charge in [-0.15, -0.1) is 0 Å². The van der Waals surface area contributed by atoms with Crippen molar-refractivity contribution in [3.05, 3.63) is 30.3 Å². The Bertz CT molecular complexity index is 249. The molecule has 1 aliphatic rings. The Morgan fingerprint density at radius 1 is 1.00 bits per heavy atom. The van der Waals surface area contributed by atoms with Crippen LogP contribution in [0, 0.1) is 5.92 Å². The molecule has 0 aromatic heterocycles. The summed E-state index contributed by atoms with van der Waals surface area (Å²) in [5.74, 6) is 0.851. The fourth-order valence-electron chi connectivity index (χ4n) is 2.14. The lowest BCUT2D eigenvalue weighted by atomic mass is 9.89. The Morgan fingerprint density at radius 3 is 2.43 bits per heavy atom. The minimum Gasteiger partial charge on any atom is -0.285 e. The van der Waals surface area contributed by atoms with Gasteiger partial charge in [0.1, 0.15) is 0 Å². The number of nitrogens with zero attached hydrogens (tertiary/aromatic N) is 1. The van der Waals surface area contributed by atoms with Crippen LogP contribution in [0.5, 0.6) is 0 Å². The van der Waals surface area contributed by atoms with Crippen LogP contribution in [0.1, 0.15) is 32.1 Å². The van der Waals surface area contributed by atoms with Gasteiger partial charge in [0.25, 0.3) is 0 Å². The zero-order valence-electron chi connectivity index (χ0n) is 8.65. The second-order valence-corrected chi connectivity index (χ2v) is 4.18. The summed E-state index contributed by atoms with van der Waals surface area (Å²) in [6.07, 6.45) is 7.03. The molecule has 1 nitrogen and oxygen atoms in total. The molecule has 1 heteroatoms. The molecule has 0 saturated heterocycles. The van der Waals surface area contributed by atoms with E-state index in [0.29, 0.717) is 0 Å². The molecular formula is C13H18N. The summed E-state index contributed by atoms with van der Waals surface area (Å²) in [7, 11) is 0. The maximum atomic E-state index is 4.63. The first-order chi connectivity index (χ1) is 6.95. The number of benzene rings is 1. The van der Waals surface area contributed by atoms with Gasteiger partial charge in [-0.1, -0.05) is 37.5 Å². The summed E-state index contributed by atoms with van der Waals surface area (Å²) >= 11 is 0. The van der Waals surface area contributed by atoms with Crippen molar-refractivity contribution in [3.8, 4) is 0 Å². The molecule has 1 aromatic rings. The van der Waals surface area contributed by atoms with E-state index >= 15 is 0 Å². The van der Waals surface area contributed by atoms with E-state index in [1.807, 2.05) is 6.07 Å². The quantitative estimate of drug-likeness (QED) is 0.689. The van der Waals surface area contributed by atoms with Gasteiger partial charge < -0.3 is 0 Å². The molecule has 0 bridgehead atoms. The van der Waals surface area contributed by atoms with Gasteiger partial charge in [-0.3, -0.25) is 5.32 Å². The van der Waals surface area contributed by atoms with Gasteiger partial charge in [-0.25, -0.2) is 0 Å². The summed E-state index contributed by atoms with van der Waals surface area (Å²) in [6, 6.07) is 10.3. The van der Waals surface area contributed by atoms with Gasteiger partial charge in [0.2, 0.25) is 0 Å². The molecule has 1 fully saturated rings. The molecule has 1 aliphatic carbocycles. The number of para-hydroxylation sites is 1. The van der Waals surface area contributed by atoms with Gasteiger partial charge in [0.05, 0.1) is 5.69 Å². The van der Waals surface area contributed by atoms with Crippen LogP contribution in [0.2, 0.25) is 0 Å². The molecular weight excluding hydrogens is 170 g/mol. The fourth-order valence-corrected chi connectivity index (χ4v) is 2.14. The van der Waals surface area contributed by atoms with Crippen LogP contribution in [0.3, 0.4) is 0 Å². The Morgan fingerprint density at radius 2 is 1.71 bits per heavy atom. The van der Waals surface area contributed by atoms with Crippen LogP contribution >= 0.6 is 0 Å². The molecule has 0 N–H and O–H groups in total. The van der Waals surface area contributed by atoms with E-state index in [1.54, 1.807) is 0 Å². The summed E-state index contributed by atoms with van der Waals surface area (Å²) < 4.78 is 0. The SMILES string of the molecule is c1ccc([N]CC2CCCCC2)cc1. The third-order valence-corrected chi connectivity index (χ3v) is 3.01. The molecule has 1 radical (unpaired) electrons. The summed E-state index contributed by atoms with van der Waals surface area (Å²) in [5.41, 5.74) is 1.14. The van der Waals surface area contributed by atoms with Gasteiger partial charge >= 0.3 is 0 Å². The lowest BCUT2D eigenvalue weighted by molar-refractivity contribution is 0.353. The highest BCUT2D eigenvalue weighted by Crippen LogP contribution is 2.23. The van der Waals surface area contributed by atoms with Crippen LogP contribution in [0.4, 0.5) is 5.69 Å². The van der Waals surface area contributed by atoms with Crippen molar-refractivity contribution >= 4 is 5.69 Å². The molecule has 1 aromatic carbocycles. The molecule has 2 rings (SSSR count). The van der Waals surface area contributed by atoms with Crippen molar-refractivity contribution in [2.45, 2.75) is 32.1 Å². The first-order valence-electron chi connectivity index (χ1n) is 5.68. The van der Waals surface area contributed by atoms with Gasteiger partial charge in [0, 0.05) is 6.54 Å². The third-order valence-electron chi connectivity index (χ3n) is 3.01. The third kappa shape index (κ3) is 2.76. The van der Waals surface area contributed by atoms with Crippen molar-refractivity contribution in [2.75, 3.05) is 6.54 Å². The average molecular weight is 188 g/mol.